The van der Waals surface area contributed by atoms with Crippen molar-refractivity contribution in [2.24, 2.45) is 0 Å². The van der Waals surface area contributed by atoms with Crippen LogP contribution in [0.25, 0.3) is 72.3 Å². The van der Waals surface area contributed by atoms with E-state index in [4.69, 9.17) is 14.5 Å². The molecule has 0 saturated heterocycles. The van der Waals surface area contributed by atoms with Crippen LogP contribution in [0.5, 0.6) is 17.2 Å². The molecule has 0 fully saturated rings. The number of fused-ring (bicyclic) bond motifs is 5. The van der Waals surface area contributed by atoms with Gasteiger partial charge < -0.3 is 4.74 Å². The second-order valence-corrected chi connectivity index (χ2v) is 20.5. The van der Waals surface area contributed by atoms with Crippen molar-refractivity contribution in [1.82, 2.24) is 18.7 Å². The van der Waals surface area contributed by atoms with E-state index in [1.807, 2.05) is 24.4 Å². The van der Waals surface area contributed by atoms with E-state index in [-0.39, 0.29) is 10.8 Å². The number of ether oxygens (including phenoxy) is 2. The van der Waals surface area contributed by atoms with Gasteiger partial charge in [-0.15, -0.1) is 0 Å². The molecule has 0 aliphatic carbocycles. The molecule has 1 aliphatic rings. The number of nitrogens with zero attached hydrogens (tertiary/aromatic N) is 4. The van der Waals surface area contributed by atoms with E-state index < -0.39 is 0 Å². The van der Waals surface area contributed by atoms with Gasteiger partial charge in [-0.25, -0.2) is 0 Å². The molecule has 0 radical (unpaired) electrons. The van der Waals surface area contributed by atoms with Gasteiger partial charge in [-0.05, 0) is 24.5 Å². The molecule has 0 unspecified atom stereocenters. The van der Waals surface area contributed by atoms with Gasteiger partial charge in [0.25, 0.3) is 0 Å². The summed E-state index contributed by atoms with van der Waals surface area (Å²) in [5.74, 6) is 3.30. The SMILES string of the molecule is CC(C)(C)c1cc(-c2cccc(-c3ccccc3)c2-n2[c](=[Pt])n(-c3cccc(Oc4ccc5c6cc7c(cc6n(-c6ccccn6)c5c4)OCCC7)c3)c3ccccc32)cc(C(C)(C)C)c1. The molecule has 3 aromatic heterocycles. The molecule has 0 atom stereocenters. The van der Waals surface area contributed by atoms with Crippen LogP contribution in [-0.4, -0.2) is 25.3 Å². The van der Waals surface area contributed by atoms with Crippen LogP contribution in [0.3, 0.4) is 0 Å². The summed E-state index contributed by atoms with van der Waals surface area (Å²) in [5.41, 5.74) is 15.0. The van der Waals surface area contributed by atoms with Gasteiger partial charge >= 0.3 is 346 Å². The van der Waals surface area contributed by atoms with Gasteiger partial charge in [-0.3, -0.25) is 0 Å². The Bertz CT molecular complexity index is 3520. The predicted molar refractivity (Wildman–Crippen MR) is 267 cm³/mol. The second-order valence-electron chi connectivity index (χ2n) is 19.5. The Morgan fingerprint density at radius 1 is 0.545 bits per heavy atom. The van der Waals surface area contributed by atoms with Crippen LogP contribution < -0.4 is 9.47 Å². The standard InChI is InChI=1S/C59H52N4O2.Pt/c1-58(2,3)42-31-41(32-43(34-42)59(4,5)6)48-23-15-22-47(39-17-8-7-9-18-39)57(48)62-38-61(51-24-10-11-25-52(51)62)44-20-14-21-45(35-44)65-46-27-28-49-50-33-40-19-16-30-64-55(40)37-54(50)63(53(49)36-46)56-26-12-13-29-60-56;/h7-15,17-18,20-29,31-37H,16,19,30H2,1-6H3;. The fourth-order valence-corrected chi connectivity index (χ4v) is 10.6. The van der Waals surface area contributed by atoms with Crippen molar-refractivity contribution in [3.63, 3.8) is 0 Å². The zero-order valence-corrected chi connectivity index (χ0v) is 40.5. The molecule has 0 spiro atoms. The Morgan fingerprint density at radius 3 is 1.94 bits per heavy atom. The number of aryl methyl sites for hydroxylation is 1. The van der Waals surface area contributed by atoms with Crippen LogP contribution >= 0.6 is 0 Å². The summed E-state index contributed by atoms with van der Waals surface area (Å²) in [7, 11) is 0. The molecule has 6 nitrogen and oxygen atoms in total. The average molecular weight is 1040 g/mol. The first-order chi connectivity index (χ1) is 31.9. The molecular weight excluding hydrogens is 992 g/mol. The quantitative estimate of drug-likeness (QED) is 0.160. The molecular formula is C59H52N4O2Pt. The molecule has 10 aromatic rings. The van der Waals surface area contributed by atoms with Crippen LogP contribution in [-0.2, 0) is 36.6 Å². The number of imidazole rings is 1. The number of para-hydroxylation sites is 3. The van der Waals surface area contributed by atoms with E-state index in [9.17, 15) is 0 Å². The molecule has 330 valence electrons. The third kappa shape index (κ3) is 7.42. The topological polar surface area (TPSA) is 46.1 Å². The zero-order chi connectivity index (χ0) is 45.3. The average Bonchev–Trinajstić information content (AvgIpc) is 3.80. The van der Waals surface area contributed by atoms with E-state index in [1.54, 1.807) is 0 Å². The molecule has 0 saturated carbocycles. The normalized spacial score (nSPS) is 13.0. The first kappa shape index (κ1) is 41.9. The number of pyridine rings is 1. The molecule has 7 aromatic carbocycles. The molecule has 0 amide bonds. The van der Waals surface area contributed by atoms with Gasteiger partial charge in [0, 0.05) is 6.20 Å². The monoisotopic (exact) mass is 1040 g/mol. The van der Waals surface area contributed by atoms with Crippen molar-refractivity contribution in [1.29, 1.82) is 0 Å². The zero-order valence-electron chi connectivity index (χ0n) is 38.2. The third-order valence-electron chi connectivity index (χ3n) is 13.0. The summed E-state index contributed by atoms with van der Waals surface area (Å²) in [6.45, 7) is 14.6. The Balaban J connectivity index is 1.07. The summed E-state index contributed by atoms with van der Waals surface area (Å²) in [4.78, 5) is 4.80. The second kappa shape index (κ2) is 16.3. The Kier molecular flexibility index (Phi) is 10.3. The first-order valence-electron chi connectivity index (χ1n) is 22.9. The molecule has 11 rings (SSSR count). The van der Waals surface area contributed by atoms with Crippen LogP contribution in [0, 0.1) is 3.80 Å². The molecule has 7 heteroatoms. The fourth-order valence-electron chi connectivity index (χ4n) is 9.55. The van der Waals surface area contributed by atoms with E-state index in [0.29, 0.717) is 0 Å². The predicted octanol–water partition coefficient (Wildman–Crippen LogP) is 15.0. The maximum atomic E-state index is 6.83. The Morgan fingerprint density at radius 2 is 1.21 bits per heavy atom. The summed E-state index contributed by atoms with van der Waals surface area (Å²) in [6, 6.07) is 58.9. The Hall–Kier alpha value is -6.75. The van der Waals surface area contributed by atoms with Crippen molar-refractivity contribution in [3.05, 3.63) is 190 Å². The number of rotatable bonds is 7. The summed E-state index contributed by atoms with van der Waals surface area (Å²) in [5, 5.41) is 2.34. The van der Waals surface area contributed by atoms with E-state index in [1.165, 1.54) is 44.3 Å². The number of hydrogen-bond donors (Lipinski definition) is 0. The minimum atomic E-state index is -0.0315. The van der Waals surface area contributed by atoms with Gasteiger partial charge in [-0.2, -0.15) is 0 Å². The first-order valence-corrected chi connectivity index (χ1v) is 24.0. The summed E-state index contributed by atoms with van der Waals surface area (Å²) < 4.78 is 21.1. The maximum absolute atomic E-state index is 6.83. The van der Waals surface area contributed by atoms with Crippen molar-refractivity contribution >= 4 is 32.8 Å². The number of hydrogen-bond acceptors (Lipinski definition) is 3. The van der Waals surface area contributed by atoms with Gasteiger partial charge in [0.05, 0.1) is 6.61 Å². The summed E-state index contributed by atoms with van der Waals surface area (Å²) in [6.07, 6.45) is 3.89. The van der Waals surface area contributed by atoms with Crippen molar-refractivity contribution in [2.75, 3.05) is 6.61 Å². The fraction of sp³-hybridized carbons (Fsp3) is 0.186. The molecule has 4 heterocycles. The van der Waals surface area contributed by atoms with Crippen LogP contribution in [0.15, 0.2) is 170 Å². The molecule has 66 heavy (non-hydrogen) atoms. The van der Waals surface area contributed by atoms with Gasteiger partial charge in [0.2, 0.25) is 0 Å². The minimum absolute atomic E-state index is 0.0315. The number of benzene rings is 7. The van der Waals surface area contributed by atoms with Gasteiger partial charge in [-0.1, -0.05) is 6.07 Å². The third-order valence-corrected chi connectivity index (χ3v) is 14.0. The molecule has 0 bridgehead atoms. The molecule has 0 N–H and O–H groups in total. The van der Waals surface area contributed by atoms with E-state index in [0.717, 1.165) is 85.1 Å². The van der Waals surface area contributed by atoms with E-state index in [2.05, 4.69) is 220 Å². The number of aromatic nitrogens is 4. The van der Waals surface area contributed by atoms with Crippen LogP contribution in [0.1, 0.15) is 64.7 Å². The molecule has 1 aliphatic heterocycles. The Labute approximate surface area is 397 Å². The van der Waals surface area contributed by atoms with Crippen molar-refractivity contribution in [3.8, 4) is 56.7 Å². The van der Waals surface area contributed by atoms with Crippen molar-refractivity contribution < 1.29 is 28.8 Å². The van der Waals surface area contributed by atoms with Crippen molar-refractivity contribution in [2.45, 2.75) is 65.2 Å². The van der Waals surface area contributed by atoms with Crippen LogP contribution in [0.4, 0.5) is 0 Å². The van der Waals surface area contributed by atoms with Crippen LogP contribution in [0.2, 0.25) is 0 Å². The van der Waals surface area contributed by atoms with Gasteiger partial charge in [0.1, 0.15) is 5.75 Å². The summed E-state index contributed by atoms with van der Waals surface area (Å²) >= 11 is 2.53. The van der Waals surface area contributed by atoms with E-state index >= 15 is 0 Å². The van der Waals surface area contributed by atoms with Gasteiger partial charge in [0.15, 0.2) is 0 Å².